The van der Waals surface area contributed by atoms with Gasteiger partial charge in [-0.2, -0.15) is 0 Å². The van der Waals surface area contributed by atoms with Gasteiger partial charge in [-0.3, -0.25) is 4.98 Å². The Balaban J connectivity index is 2.62. The van der Waals surface area contributed by atoms with Gasteiger partial charge in [0.05, 0.1) is 5.51 Å². The minimum Gasteiger partial charge on any atom is -0.325 e. The van der Waals surface area contributed by atoms with Crippen LogP contribution in [0.25, 0.3) is 0 Å². The highest BCUT2D eigenvalue weighted by molar-refractivity contribution is 7.09. The molecule has 0 saturated heterocycles. The maximum Gasteiger partial charge on any atom is 0.0794 e. The largest absolute Gasteiger partial charge is 0.325 e. The van der Waals surface area contributed by atoms with Crippen molar-refractivity contribution in [2.45, 2.75) is 32.7 Å². The van der Waals surface area contributed by atoms with Gasteiger partial charge >= 0.3 is 0 Å². The Hall–Kier alpha value is -0.410. The van der Waals surface area contributed by atoms with Gasteiger partial charge < -0.3 is 5.73 Å². The van der Waals surface area contributed by atoms with Gasteiger partial charge in [-0.05, 0) is 12.8 Å². The maximum absolute atomic E-state index is 6.13. The number of hydrogen-bond donors (Lipinski definition) is 1. The van der Waals surface area contributed by atoms with Crippen molar-refractivity contribution >= 4 is 11.3 Å². The van der Waals surface area contributed by atoms with Crippen LogP contribution in [0.1, 0.15) is 25.6 Å². The van der Waals surface area contributed by atoms with Gasteiger partial charge in [0.1, 0.15) is 0 Å². The zero-order valence-electron chi connectivity index (χ0n) is 7.87. The highest BCUT2D eigenvalue weighted by Gasteiger charge is 2.23. The van der Waals surface area contributed by atoms with E-state index in [-0.39, 0.29) is 5.54 Å². The summed E-state index contributed by atoms with van der Waals surface area (Å²) in [5.74, 6) is 0.500. The van der Waals surface area contributed by atoms with Crippen LogP contribution in [0.4, 0.5) is 0 Å². The first-order valence-electron chi connectivity index (χ1n) is 4.18. The SMILES string of the molecule is CC(C)C(C)(N)Cc1cncs1. The molecule has 2 nitrogen and oxygen atoms in total. The first kappa shape index (κ1) is 9.68. The van der Waals surface area contributed by atoms with Crippen LogP contribution in [0.15, 0.2) is 11.7 Å². The summed E-state index contributed by atoms with van der Waals surface area (Å²) in [6.45, 7) is 6.40. The third-order valence-corrected chi connectivity index (χ3v) is 3.14. The molecule has 1 aromatic rings. The molecule has 1 unspecified atom stereocenters. The Morgan fingerprint density at radius 1 is 1.67 bits per heavy atom. The summed E-state index contributed by atoms with van der Waals surface area (Å²) >= 11 is 1.68. The van der Waals surface area contributed by atoms with E-state index in [0.29, 0.717) is 5.92 Å². The number of rotatable bonds is 3. The Bertz CT molecular complexity index is 227. The predicted octanol–water partition coefficient (Wildman–Crippen LogP) is 2.06. The number of hydrogen-bond acceptors (Lipinski definition) is 3. The van der Waals surface area contributed by atoms with Crippen LogP contribution in [-0.2, 0) is 6.42 Å². The minimum absolute atomic E-state index is 0.105. The molecule has 3 heteroatoms. The lowest BCUT2D eigenvalue weighted by Crippen LogP contribution is -2.43. The lowest BCUT2D eigenvalue weighted by atomic mass is 9.86. The average Bonchev–Trinajstić information content (AvgIpc) is 2.38. The molecule has 1 rings (SSSR count). The van der Waals surface area contributed by atoms with Gasteiger partial charge in [-0.1, -0.05) is 13.8 Å². The summed E-state index contributed by atoms with van der Waals surface area (Å²) in [5.41, 5.74) is 7.88. The highest BCUT2D eigenvalue weighted by atomic mass is 32.1. The van der Waals surface area contributed by atoms with Crippen molar-refractivity contribution in [3.8, 4) is 0 Å². The van der Waals surface area contributed by atoms with Crippen molar-refractivity contribution in [1.82, 2.24) is 4.98 Å². The van der Waals surface area contributed by atoms with Crippen LogP contribution in [-0.4, -0.2) is 10.5 Å². The standard InChI is InChI=1S/C9H16N2S/c1-7(2)9(3,10)4-8-5-11-6-12-8/h5-7H,4,10H2,1-3H3. The van der Waals surface area contributed by atoms with Crippen LogP contribution >= 0.6 is 11.3 Å². The quantitative estimate of drug-likeness (QED) is 0.781. The Morgan fingerprint density at radius 2 is 2.33 bits per heavy atom. The normalized spacial score (nSPS) is 16.4. The smallest absolute Gasteiger partial charge is 0.0794 e. The number of nitrogens with two attached hydrogens (primary N) is 1. The summed E-state index contributed by atoms with van der Waals surface area (Å²) in [6, 6.07) is 0. The third kappa shape index (κ3) is 2.29. The Morgan fingerprint density at radius 3 is 2.75 bits per heavy atom. The molecule has 0 saturated carbocycles. The molecule has 2 N–H and O–H groups in total. The minimum atomic E-state index is -0.105. The molecule has 1 heterocycles. The van der Waals surface area contributed by atoms with E-state index >= 15 is 0 Å². The van der Waals surface area contributed by atoms with Crippen molar-refractivity contribution in [2.75, 3.05) is 0 Å². The molecule has 0 aromatic carbocycles. The van der Waals surface area contributed by atoms with E-state index < -0.39 is 0 Å². The fraction of sp³-hybridized carbons (Fsp3) is 0.667. The van der Waals surface area contributed by atoms with Crippen molar-refractivity contribution < 1.29 is 0 Å². The second kappa shape index (κ2) is 3.54. The van der Waals surface area contributed by atoms with Gasteiger partial charge in [-0.15, -0.1) is 11.3 Å². The van der Waals surface area contributed by atoms with Crippen molar-refractivity contribution in [1.29, 1.82) is 0 Å². The molecule has 0 radical (unpaired) electrons. The summed E-state index contributed by atoms with van der Waals surface area (Å²) in [5, 5.41) is 0. The average molecular weight is 184 g/mol. The maximum atomic E-state index is 6.13. The zero-order chi connectivity index (χ0) is 9.19. The molecule has 0 fully saturated rings. The summed E-state index contributed by atoms with van der Waals surface area (Å²) in [7, 11) is 0. The van der Waals surface area contributed by atoms with Crippen LogP contribution in [0.5, 0.6) is 0 Å². The lowest BCUT2D eigenvalue weighted by Gasteiger charge is -2.28. The molecule has 0 aliphatic heterocycles. The van der Waals surface area contributed by atoms with Crippen LogP contribution < -0.4 is 5.73 Å². The van der Waals surface area contributed by atoms with Gasteiger partial charge in [0, 0.05) is 23.0 Å². The summed E-state index contributed by atoms with van der Waals surface area (Å²) in [4.78, 5) is 5.30. The van der Waals surface area contributed by atoms with Crippen molar-refractivity contribution in [3.05, 3.63) is 16.6 Å². The molecule has 1 aromatic heterocycles. The number of nitrogens with zero attached hydrogens (tertiary/aromatic N) is 1. The van der Waals surface area contributed by atoms with E-state index in [4.69, 9.17) is 5.73 Å². The number of thiazole rings is 1. The van der Waals surface area contributed by atoms with E-state index in [1.54, 1.807) is 11.3 Å². The van der Waals surface area contributed by atoms with Gasteiger partial charge in [0.25, 0.3) is 0 Å². The molecule has 0 spiro atoms. The van der Waals surface area contributed by atoms with E-state index in [1.807, 2.05) is 11.7 Å². The molecule has 0 amide bonds. The monoisotopic (exact) mass is 184 g/mol. The van der Waals surface area contributed by atoms with Crippen LogP contribution in [0.2, 0.25) is 0 Å². The highest BCUT2D eigenvalue weighted by Crippen LogP contribution is 2.20. The first-order chi connectivity index (χ1) is 5.52. The van der Waals surface area contributed by atoms with E-state index in [1.165, 1.54) is 4.88 Å². The Labute approximate surface area is 77.8 Å². The predicted molar refractivity (Wildman–Crippen MR) is 53.2 cm³/mol. The third-order valence-electron chi connectivity index (χ3n) is 2.36. The topological polar surface area (TPSA) is 38.9 Å². The first-order valence-corrected chi connectivity index (χ1v) is 5.06. The molecule has 68 valence electrons. The molecular weight excluding hydrogens is 168 g/mol. The molecule has 0 bridgehead atoms. The molecular formula is C9H16N2S. The van der Waals surface area contributed by atoms with Gasteiger partial charge in [0.2, 0.25) is 0 Å². The number of aromatic nitrogens is 1. The summed E-state index contributed by atoms with van der Waals surface area (Å²) < 4.78 is 0. The van der Waals surface area contributed by atoms with Crippen LogP contribution in [0, 0.1) is 5.92 Å². The second-order valence-electron chi connectivity index (χ2n) is 3.81. The van der Waals surface area contributed by atoms with Crippen LogP contribution in [0.3, 0.4) is 0 Å². The fourth-order valence-corrected chi connectivity index (χ4v) is 1.68. The van der Waals surface area contributed by atoms with Gasteiger partial charge in [0.15, 0.2) is 0 Å². The van der Waals surface area contributed by atoms with E-state index in [2.05, 4.69) is 25.8 Å². The zero-order valence-corrected chi connectivity index (χ0v) is 8.69. The Kier molecular flexibility index (Phi) is 2.85. The molecule has 0 aliphatic rings. The fourth-order valence-electron chi connectivity index (χ4n) is 0.909. The molecule has 0 aliphatic carbocycles. The summed E-state index contributed by atoms with van der Waals surface area (Å²) in [6.07, 6.45) is 2.83. The van der Waals surface area contributed by atoms with E-state index in [0.717, 1.165) is 6.42 Å². The second-order valence-corrected chi connectivity index (χ2v) is 4.78. The van der Waals surface area contributed by atoms with Crippen molar-refractivity contribution in [3.63, 3.8) is 0 Å². The van der Waals surface area contributed by atoms with Crippen molar-refractivity contribution in [2.24, 2.45) is 11.7 Å². The lowest BCUT2D eigenvalue weighted by molar-refractivity contribution is 0.339. The molecule has 12 heavy (non-hydrogen) atoms. The van der Waals surface area contributed by atoms with E-state index in [9.17, 15) is 0 Å². The van der Waals surface area contributed by atoms with Gasteiger partial charge in [-0.25, -0.2) is 0 Å². The molecule has 1 atom stereocenters.